The summed E-state index contributed by atoms with van der Waals surface area (Å²) >= 11 is 0. The first kappa shape index (κ1) is 17.9. The van der Waals surface area contributed by atoms with Gasteiger partial charge in [-0.05, 0) is 57.1 Å². The second-order valence-electron chi connectivity index (χ2n) is 7.88. The number of rotatable bonds is 3. The molecule has 1 aromatic carbocycles. The van der Waals surface area contributed by atoms with Crippen LogP contribution >= 0.6 is 0 Å². The van der Waals surface area contributed by atoms with E-state index in [0.29, 0.717) is 23.5 Å². The number of amides is 1. The van der Waals surface area contributed by atoms with Crippen molar-refractivity contribution in [3.05, 3.63) is 58.5 Å². The number of likely N-dealkylation sites (tertiary alicyclic amines) is 1. The minimum absolute atomic E-state index is 0.148. The Morgan fingerprint density at radius 3 is 2.83 bits per heavy atom. The summed E-state index contributed by atoms with van der Waals surface area (Å²) in [5.41, 5.74) is 2.92. The van der Waals surface area contributed by atoms with Crippen molar-refractivity contribution in [1.29, 1.82) is 0 Å². The van der Waals surface area contributed by atoms with E-state index in [4.69, 9.17) is 0 Å². The number of carbonyl (C=O) groups is 1. The fourth-order valence-electron chi connectivity index (χ4n) is 4.30. The zero-order valence-corrected chi connectivity index (χ0v) is 16.3. The van der Waals surface area contributed by atoms with Crippen LogP contribution in [0, 0.1) is 5.92 Å². The predicted octanol–water partition coefficient (Wildman–Crippen LogP) is 2.40. The van der Waals surface area contributed by atoms with Gasteiger partial charge in [0.15, 0.2) is 0 Å². The molecule has 1 aliphatic heterocycles. The number of nitrogens with one attached hydrogen (secondary N) is 2. The van der Waals surface area contributed by atoms with E-state index in [-0.39, 0.29) is 16.9 Å². The standard InChI is InChI=1S/C22H23N5O2/c1-26-10-7-14(8-11-26)12-24-22(29)19-20(28)15-13-23-9-6-17(15)27-18-5-3-2-4-16(18)25-21(19)27/h2-6,9,13-14,25H,7-8,10-12H2,1H3,(H,24,29). The lowest BCUT2D eigenvalue weighted by molar-refractivity contribution is 0.0939. The van der Waals surface area contributed by atoms with Gasteiger partial charge in [0, 0.05) is 18.9 Å². The number of hydrogen-bond donors (Lipinski definition) is 2. The van der Waals surface area contributed by atoms with Crippen LogP contribution in [0.15, 0.2) is 47.5 Å². The number of pyridine rings is 2. The lowest BCUT2D eigenvalue weighted by Crippen LogP contribution is -2.38. The topological polar surface area (TPSA) is 82.5 Å². The predicted molar refractivity (Wildman–Crippen MR) is 113 cm³/mol. The maximum atomic E-state index is 13.2. The van der Waals surface area contributed by atoms with Gasteiger partial charge < -0.3 is 15.2 Å². The lowest BCUT2D eigenvalue weighted by atomic mass is 9.97. The van der Waals surface area contributed by atoms with E-state index in [1.54, 1.807) is 12.4 Å². The van der Waals surface area contributed by atoms with Gasteiger partial charge in [0.25, 0.3) is 5.91 Å². The number of imidazole rings is 1. The number of nitrogens with zero attached hydrogens (tertiary/aromatic N) is 3. The third-order valence-corrected chi connectivity index (χ3v) is 5.99. The van der Waals surface area contributed by atoms with Crippen LogP contribution in [0.25, 0.3) is 27.6 Å². The van der Waals surface area contributed by atoms with Crippen molar-refractivity contribution in [2.75, 3.05) is 26.7 Å². The van der Waals surface area contributed by atoms with Gasteiger partial charge in [-0.1, -0.05) is 12.1 Å². The number of hydrogen-bond acceptors (Lipinski definition) is 4. The quantitative estimate of drug-likeness (QED) is 0.564. The number of aromatic amines is 1. The first-order chi connectivity index (χ1) is 14.1. The van der Waals surface area contributed by atoms with Gasteiger partial charge in [0.1, 0.15) is 11.2 Å². The van der Waals surface area contributed by atoms with Crippen molar-refractivity contribution in [3.63, 3.8) is 0 Å². The zero-order valence-electron chi connectivity index (χ0n) is 16.3. The Labute approximate surface area is 167 Å². The van der Waals surface area contributed by atoms with E-state index in [1.165, 1.54) is 0 Å². The van der Waals surface area contributed by atoms with E-state index >= 15 is 0 Å². The van der Waals surface area contributed by atoms with Crippen molar-refractivity contribution in [1.82, 2.24) is 24.6 Å². The molecule has 5 rings (SSSR count). The van der Waals surface area contributed by atoms with Gasteiger partial charge in [0.2, 0.25) is 5.43 Å². The van der Waals surface area contributed by atoms with Crippen LogP contribution in [0.1, 0.15) is 23.2 Å². The molecular weight excluding hydrogens is 366 g/mol. The molecule has 0 atom stereocenters. The highest BCUT2D eigenvalue weighted by Crippen LogP contribution is 2.23. The largest absolute Gasteiger partial charge is 0.352 e. The minimum Gasteiger partial charge on any atom is -0.352 e. The maximum Gasteiger partial charge on any atom is 0.259 e. The van der Waals surface area contributed by atoms with Gasteiger partial charge in [0.05, 0.1) is 21.9 Å². The van der Waals surface area contributed by atoms with Crippen LogP contribution in [-0.2, 0) is 0 Å². The molecule has 4 heterocycles. The van der Waals surface area contributed by atoms with E-state index in [1.807, 2.05) is 34.7 Å². The van der Waals surface area contributed by atoms with Gasteiger partial charge in [-0.15, -0.1) is 0 Å². The Morgan fingerprint density at radius 2 is 2.00 bits per heavy atom. The normalized spacial score (nSPS) is 16.0. The van der Waals surface area contributed by atoms with Crippen LogP contribution in [0.2, 0.25) is 0 Å². The summed E-state index contributed by atoms with van der Waals surface area (Å²) < 4.78 is 1.94. The molecule has 3 aromatic heterocycles. The summed E-state index contributed by atoms with van der Waals surface area (Å²) in [7, 11) is 2.12. The smallest absolute Gasteiger partial charge is 0.259 e. The number of carbonyl (C=O) groups excluding carboxylic acids is 1. The second kappa shape index (κ2) is 7.00. The third-order valence-electron chi connectivity index (χ3n) is 5.99. The molecule has 1 fully saturated rings. The third kappa shape index (κ3) is 2.98. The fraction of sp³-hybridized carbons (Fsp3) is 0.318. The molecule has 0 saturated carbocycles. The summed E-state index contributed by atoms with van der Waals surface area (Å²) in [5.74, 6) is 0.113. The summed E-state index contributed by atoms with van der Waals surface area (Å²) in [4.78, 5) is 36.0. The van der Waals surface area contributed by atoms with Crippen LogP contribution < -0.4 is 10.7 Å². The molecule has 1 aliphatic rings. The Kier molecular flexibility index (Phi) is 4.32. The highest BCUT2D eigenvalue weighted by atomic mass is 16.2. The van der Waals surface area contributed by atoms with Crippen molar-refractivity contribution < 1.29 is 4.79 Å². The summed E-state index contributed by atoms with van der Waals surface area (Å²) in [5, 5.41) is 3.46. The van der Waals surface area contributed by atoms with Gasteiger partial charge in [-0.25, -0.2) is 0 Å². The highest BCUT2D eigenvalue weighted by Gasteiger charge is 2.23. The average Bonchev–Trinajstić information content (AvgIpc) is 3.13. The molecule has 7 nitrogen and oxygen atoms in total. The molecule has 0 unspecified atom stereocenters. The second-order valence-corrected chi connectivity index (χ2v) is 7.88. The number of benzene rings is 1. The summed E-state index contributed by atoms with van der Waals surface area (Å²) in [6.07, 6.45) is 5.31. The molecule has 148 valence electrons. The van der Waals surface area contributed by atoms with Crippen LogP contribution in [0.4, 0.5) is 0 Å². The minimum atomic E-state index is -0.330. The number of aromatic nitrogens is 3. The lowest BCUT2D eigenvalue weighted by Gasteiger charge is -2.28. The number of fused-ring (bicyclic) bond motifs is 5. The number of H-pyrrole nitrogens is 1. The first-order valence-electron chi connectivity index (χ1n) is 9.99. The molecule has 1 amide bonds. The Bertz CT molecular complexity index is 1280. The Morgan fingerprint density at radius 1 is 1.21 bits per heavy atom. The van der Waals surface area contributed by atoms with Gasteiger partial charge >= 0.3 is 0 Å². The molecular formula is C22H23N5O2. The molecule has 4 aromatic rings. The molecule has 0 radical (unpaired) electrons. The maximum absolute atomic E-state index is 13.2. The van der Waals surface area contributed by atoms with Crippen LogP contribution in [-0.4, -0.2) is 51.9 Å². The Balaban J connectivity index is 1.61. The van der Waals surface area contributed by atoms with Crippen LogP contribution in [0.5, 0.6) is 0 Å². The fourth-order valence-corrected chi connectivity index (χ4v) is 4.30. The van der Waals surface area contributed by atoms with E-state index in [0.717, 1.165) is 42.5 Å². The Hall–Kier alpha value is -3.19. The molecule has 29 heavy (non-hydrogen) atoms. The van der Waals surface area contributed by atoms with Crippen molar-refractivity contribution in [2.45, 2.75) is 12.8 Å². The van der Waals surface area contributed by atoms with Crippen molar-refractivity contribution >= 4 is 33.5 Å². The molecule has 2 N–H and O–H groups in total. The molecule has 0 spiro atoms. The van der Waals surface area contributed by atoms with Crippen molar-refractivity contribution in [3.8, 4) is 0 Å². The molecule has 7 heteroatoms. The first-order valence-corrected chi connectivity index (χ1v) is 9.99. The SMILES string of the molecule is CN1CCC(CNC(=O)c2c(=O)c3cnccc3n3c2[nH]c2ccccc23)CC1. The van der Waals surface area contributed by atoms with E-state index < -0.39 is 0 Å². The monoisotopic (exact) mass is 389 g/mol. The summed E-state index contributed by atoms with van der Waals surface area (Å²) in [6, 6.07) is 9.61. The average molecular weight is 389 g/mol. The molecule has 0 bridgehead atoms. The number of para-hydroxylation sites is 2. The van der Waals surface area contributed by atoms with Crippen LogP contribution in [0.3, 0.4) is 0 Å². The van der Waals surface area contributed by atoms with Crippen molar-refractivity contribution in [2.24, 2.45) is 5.92 Å². The van der Waals surface area contributed by atoms with Gasteiger partial charge in [-0.2, -0.15) is 0 Å². The van der Waals surface area contributed by atoms with E-state index in [9.17, 15) is 9.59 Å². The van der Waals surface area contributed by atoms with Gasteiger partial charge in [-0.3, -0.25) is 19.0 Å². The molecule has 0 aliphatic carbocycles. The summed E-state index contributed by atoms with van der Waals surface area (Å²) in [6.45, 7) is 2.66. The highest BCUT2D eigenvalue weighted by molar-refractivity contribution is 6.05. The molecule has 1 saturated heterocycles. The number of piperidine rings is 1. The zero-order chi connectivity index (χ0) is 20.0. The van der Waals surface area contributed by atoms with E-state index in [2.05, 4.69) is 27.2 Å².